The van der Waals surface area contributed by atoms with Crippen molar-refractivity contribution in [2.24, 2.45) is 0 Å². The number of nitrogens with zero attached hydrogens (tertiary/aromatic N) is 1. The van der Waals surface area contributed by atoms with Crippen molar-refractivity contribution in [3.05, 3.63) is 11.1 Å². The SMILES string of the molecule is c1nsc2c1OCC2. The van der Waals surface area contributed by atoms with Gasteiger partial charge in [0.15, 0.2) is 5.75 Å². The summed E-state index contributed by atoms with van der Waals surface area (Å²) in [5.41, 5.74) is 0. The van der Waals surface area contributed by atoms with E-state index < -0.39 is 0 Å². The Balaban J connectivity index is 2.54. The number of rotatable bonds is 0. The molecule has 1 aliphatic rings. The lowest BCUT2D eigenvalue weighted by Crippen LogP contribution is -1.86. The molecule has 1 aliphatic heterocycles. The fourth-order valence-electron chi connectivity index (χ4n) is 0.795. The van der Waals surface area contributed by atoms with Gasteiger partial charge in [0.05, 0.1) is 17.7 Å². The molecule has 42 valence electrons. The molecular weight excluding hydrogens is 122 g/mol. The normalized spacial score (nSPS) is 15.5. The van der Waals surface area contributed by atoms with Gasteiger partial charge in [-0.2, -0.15) is 4.37 Å². The van der Waals surface area contributed by atoms with Crippen molar-refractivity contribution >= 4 is 11.5 Å². The molecule has 0 N–H and O–H groups in total. The van der Waals surface area contributed by atoms with Gasteiger partial charge in [0, 0.05) is 6.42 Å². The van der Waals surface area contributed by atoms with Crippen LogP contribution < -0.4 is 4.74 Å². The van der Waals surface area contributed by atoms with Gasteiger partial charge in [-0.15, -0.1) is 0 Å². The molecule has 0 radical (unpaired) electrons. The van der Waals surface area contributed by atoms with Gasteiger partial charge in [0.25, 0.3) is 0 Å². The molecule has 0 atom stereocenters. The van der Waals surface area contributed by atoms with Crippen LogP contribution in [0.5, 0.6) is 5.75 Å². The molecule has 2 rings (SSSR count). The Morgan fingerprint density at radius 2 is 2.75 bits per heavy atom. The van der Waals surface area contributed by atoms with E-state index in [0.29, 0.717) is 0 Å². The fraction of sp³-hybridized carbons (Fsp3) is 0.400. The summed E-state index contributed by atoms with van der Waals surface area (Å²) in [5.74, 6) is 0.995. The van der Waals surface area contributed by atoms with Gasteiger partial charge in [-0.05, 0) is 11.5 Å². The highest BCUT2D eigenvalue weighted by atomic mass is 32.1. The predicted molar refractivity (Wildman–Crippen MR) is 31.3 cm³/mol. The first-order chi connectivity index (χ1) is 3.97. The number of fused-ring (bicyclic) bond motifs is 1. The minimum atomic E-state index is 0.851. The maximum absolute atomic E-state index is 5.19. The maximum Gasteiger partial charge on any atom is 0.153 e. The first-order valence-corrected chi connectivity index (χ1v) is 3.30. The van der Waals surface area contributed by atoms with E-state index >= 15 is 0 Å². The molecule has 0 saturated carbocycles. The standard InChI is InChI=1S/C5H5NOS/c1-2-7-4-3-6-8-5(1)4/h3H,1-2H2. The summed E-state index contributed by atoms with van der Waals surface area (Å²) >= 11 is 1.54. The van der Waals surface area contributed by atoms with E-state index in [-0.39, 0.29) is 0 Å². The summed E-state index contributed by atoms with van der Waals surface area (Å²) < 4.78 is 9.15. The summed E-state index contributed by atoms with van der Waals surface area (Å²) in [5, 5.41) is 0. The Hall–Kier alpha value is -0.570. The van der Waals surface area contributed by atoms with Crippen molar-refractivity contribution in [1.29, 1.82) is 0 Å². The number of ether oxygens (including phenoxy) is 1. The molecular formula is C5H5NOS. The Morgan fingerprint density at radius 1 is 1.75 bits per heavy atom. The van der Waals surface area contributed by atoms with Gasteiger partial charge in [-0.25, -0.2) is 0 Å². The molecule has 3 heteroatoms. The van der Waals surface area contributed by atoms with Crippen LogP contribution in [0.3, 0.4) is 0 Å². The lowest BCUT2D eigenvalue weighted by Gasteiger charge is -1.86. The molecule has 1 aromatic rings. The minimum Gasteiger partial charge on any atom is -0.490 e. The average molecular weight is 127 g/mol. The molecule has 0 amide bonds. The Bertz CT molecular complexity index is 178. The summed E-state index contributed by atoms with van der Waals surface area (Å²) in [4.78, 5) is 1.30. The molecule has 0 spiro atoms. The van der Waals surface area contributed by atoms with Crippen LogP contribution in [-0.2, 0) is 6.42 Å². The zero-order valence-corrected chi connectivity index (χ0v) is 5.07. The monoisotopic (exact) mass is 127 g/mol. The van der Waals surface area contributed by atoms with Crippen LogP contribution in [-0.4, -0.2) is 11.0 Å². The van der Waals surface area contributed by atoms with Gasteiger partial charge < -0.3 is 4.74 Å². The molecule has 0 aliphatic carbocycles. The maximum atomic E-state index is 5.19. The van der Waals surface area contributed by atoms with Crippen molar-refractivity contribution in [3.8, 4) is 5.75 Å². The van der Waals surface area contributed by atoms with Crippen LogP contribution in [0.15, 0.2) is 6.20 Å². The molecule has 1 aromatic heterocycles. The van der Waals surface area contributed by atoms with E-state index in [0.717, 1.165) is 18.8 Å². The highest BCUT2D eigenvalue weighted by Crippen LogP contribution is 2.27. The lowest BCUT2D eigenvalue weighted by atomic mass is 10.4. The molecule has 0 unspecified atom stereocenters. The molecule has 8 heavy (non-hydrogen) atoms. The number of aromatic nitrogens is 1. The van der Waals surface area contributed by atoms with Crippen LogP contribution in [0.4, 0.5) is 0 Å². The van der Waals surface area contributed by atoms with E-state index in [1.54, 1.807) is 6.20 Å². The summed E-state index contributed by atoms with van der Waals surface area (Å²) in [6, 6.07) is 0. The van der Waals surface area contributed by atoms with Crippen molar-refractivity contribution in [2.75, 3.05) is 6.61 Å². The Kier molecular flexibility index (Phi) is 0.784. The zero-order valence-electron chi connectivity index (χ0n) is 4.26. The first-order valence-electron chi connectivity index (χ1n) is 2.53. The van der Waals surface area contributed by atoms with Crippen LogP contribution >= 0.6 is 11.5 Å². The third-order valence-electron chi connectivity index (χ3n) is 1.19. The second-order valence-electron chi connectivity index (χ2n) is 1.71. The molecule has 0 aromatic carbocycles. The van der Waals surface area contributed by atoms with E-state index in [1.807, 2.05) is 0 Å². The second-order valence-corrected chi connectivity index (χ2v) is 2.60. The average Bonchev–Trinajstić information content (AvgIpc) is 2.15. The third kappa shape index (κ3) is 0.448. The van der Waals surface area contributed by atoms with Crippen molar-refractivity contribution in [2.45, 2.75) is 6.42 Å². The third-order valence-corrected chi connectivity index (χ3v) is 2.03. The largest absolute Gasteiger partial charge is 0.490 e. The predicted octanol–water partition coefficient (Wildman–Crippen LogP) is 1.08. The molecule has 0 saturated heterocycles. The van der Waals surface area contributed by atoms with E-state index in [4.69, 9.17) is 4.74 Å². The first kappa shape index (κ1) is 4.32. The molecule has 0 fully saturated rings. The highest BCUT2D eigenvalue weighted by Gasteiger charge is 2.12. The fourth-order valence-corrected chi connectivity index (χ4v) is 1.45. The van der Waals surface area contributed by atoms with Gasteiger partial charge >= 0.3 is 0 Å². The highest BCUT2D eigenvalue weighted by molar-refractivity contribution is 7.06. The van der Waals surface area contributed by atoms with Crippen molar-refractivity contribution in [1.82, 2.24) is 4.37 Å². The van der Waals surface area contributed by atoms with Crippen LogP contribution in [0, 0.1) is 0 Å². The van der Waals surface area contributed by atoms with Gasteiger partial charge in [-0.1, -0.05) is 0 Å². The van der Waals surface area contributed by atoms with Crippen molar-refractivity contribution in [3.63, 3.8) is 0 Å². The minimum absolute atomic E-state index is 0.851. The Morgan fingerprint density at radius 3 is 3.62 bits per heavy atom. The van der Waals surface area contributed by atoms with Gasteiger partial charge in [-0.3, -0.25) is 0 Å². The lowest BCUT2D eigenvalue weighted by molar-refractivity contribution is 0.356. The molecule has 2 nitrogen and oxygen atoms in total. The zero-order chi connectivity index (χ0) is 5.40. The van der Waals surface area contributed by atoms with E-state index in [9.17, 15) is 0 Å². The Labute approximate surface area is 51.3 Å². The van der Waals surface area contributed by atoms with Gasteiger partial charge in [0.1, 0.15) is 0 Å². The summed E-state index contributed by atoms with van der Waals surface area (Å²) in [7, 11) is 0. The van der Waals surface area contributed by atoms with E-state index in [1.165, 1.54) is 16.4 Å². The quantitative estimate of drug-likeness (QED) is 0.520. The molecule has 2 heterocycles. The summed E-state index contributed by atoms with van der Waals surface area (Å²) in [6.07, 6.45) is 2.84. The summed E-state index contributed by atoms with van der Waals surface area (Å²) in [6.45, 7) is 0.851. The van der Waals surface area contributed by atoms with Crippen LogP contribution in [0.25, 0.3) is 0 Å². The second kappa shape index (κ2) is 1.45. The van der Waals surface area contributed by atoms with E-state index in [2.05, 4.69) is 4.37 Å². The smallest absolute Gasteiger partial charge is 0.153 e. The number of hydrogen-bond acceptors (Lipinski definition) is 3. The van der Waals surface area contributed by atoms with Crippen molar-refractivity contribution < 1.29 is 4.74 Å². The van der Waals surface area contributed by atoms with Crippen LogP contribution in [0.1, 0.15) is 4.88 Å². The molecule has 0 bridgehead atoms. The topological polar surface area (TPSA) is 22.1 Å². The van der Waals surface area contributed by atoms with Gasteiger partial charge in [0.2, 0.25) is 0 Å². The number of hydrogen-bond donors (Lipinski definition) is 0. The van der Waals surface area contributed by atoms with Crippen LogP contribution in [0.2, 0.25) is 0 Å².